The molecule has 72 valence electrons. The Balaban J connectivity index is 2.87. The van der Waals surface area contributed by atoms with Gasteiger partial charge in [-0.3, -0.25) is 9.69 Å². The Kier molecular flexibility index (Phi) is 3.45. The molecule has 3 nitrogen and oxygen atoms in total. The molecule has 1 amide bonds. The molecule has 0 aliphatic rings. The summed E-state index contributed by atoms with van der Waals surface area (Å²) in [6, 6.07) is 3.77. The summed E-state index contributed by atoms with van der Waals surface area (Å²) in [5.74, 6) is 0.0347. The third kappa shape index (κ3) is 2.29. The number of carbonyl (C=O) groups excluding carboxylic acids is 1. The molecule has 1 atom stereocenters. The molecular weight excluding hydrogens is 184 g/mol. The van der Waals surface area contributed by atoms with Gasteiger partial charge in [-0.25, -0.2) is 0 Å². The van der Waals surface area contributed by atoms with Gasteiger partial charge in [0.15, 0.2) is 0 Å². The lowest BCUT2D eigenvalue weighted by molar-refractivity contribution is -0.125. The van der Waals surface area contributed by atoms with Crippen LogP contribution in [0.1, 0.15) is 10.9 Å². The average Bonchev–Trinajstić information content (AvgIpc) is 2.56. The summed E-state index contributed by atoms with van der Waals surface area (Å²) < 4.78 is 0. The highest BCUT2D eigenvalue weighted by Gasteiger charge is 2.22. The molecule has 1 N–H and O–H groups in total. The highest BCUT2D eigenvalue weighted by atomic mass is 32.1. The number of rotatable bonds is 3. The van der Waals surface area contributed by atoms with Crippen LogP contribution < -0.4 is 5.32 Å². The Morgan fingerprint density at radius 3 is 2.69 bits per heavy atom. The summed E-state index contributed by atoms with van der Waals surface area (Å²) in [5.41, 5.74) is 0. The number of amides is 1. The van der Waals surface area contributed by atoms with E-state index < -0.39 is 0 Å². The van der Waals surface area contributed by atoms with E-state index in [0.29, 0.717) is 0 Å². The number of carbonyl (C=O) groups is 1. The van der Waals surface area contributed by atoms with Crippen LogP contribution in [0.15, 0.2) is 17.5 Å². The van der Waals surface area contributed by atoms with Crippen molar-refractivity contribution < 1.29 is 4.79 Å². The van der Waals surface area contributed by atoms with E-state index in [9.17, 15) is 4.79 Å². The molecule has 0 saturated heterocycles. The Labute approximate surface area is 82.4 Å². The third-order valence-corrected chi connectivity index (χ3v) is 2.75. The molecule has 1 rings (SSSR count). The first-order valence-corrected chi connectivity index (χ1v) is 4.96. The Hall–Kier alpha value is -0.870. The number of thiophene rings is 1. The first-order valence-electron chi connectivity index (χ1n) is 4.08. The predicted octanol–water partition coefficient (Wildman–Crippen LogP) is 1.10. The van der Waals surface area contributed by atoms with Gasteiger partial charge in [-0.05, 0) is 25.5 Å². The van der Waals surface area contributed by atoms with Crippen molar-refractivity contribution in [3.63, 3.8) is 0 Å². The van der Waals surface area contributed by atoms with Crippen LogP contribution in [0.2, 0.25) is 0 Å². The van der Waals surface area contributed by atoms with Crippen LogP contribution in [0, 0.1) is 0 Å². The van der Waals surface area contributed by atoms with Crippen LogP contribution in [0.5, 0.6) is 0 Å². The van der Waals surface area contributed by atoms with Crippen LogP contribution >= 0.6 is 11.3 Å². The first kappa shape index (κ1) is 10.2. The van der Waals surface area contributed by atoms with Gasteiger partial charge in [-0.2, -0.15) is 0 Å². The van der Waals surface area contributed by atoms with E-state index in [4.69, 9.17) is 0 Å². The zero-order chi connectivity index (χ0) is 9.84. The highest BCUT2D eigenvalue weighted by Crippen LogP contribution is 2.22. The van der Waals surface area contributed by atoms with Crippen LogP contribution in [0.4, 0.5) is 0 Å². The molecule has 0 aliphatic carbocycles. The first-order chi connectivity index (χ1) is 6.16. The van der Waals surface area contributed by atoms with Gasteiger partial charge in [0, 0.05) is 11.9 Å². The molecule has 0 aliphatic heterocycles. The molecule has 1 aromatic rings. The number of nitrogens with one attached hydrogen (secondary N) is 1. The van der Waals surface area contributed by atoms with Crippen LogP contribution in [-0.2, 0) is 4.79 Å². The maximum atomic E-state index is 11.5. The monoisotopic (exact) mass is 198 g/mol. The summed E-state index contributed by atoms with van der Waals surface area (Å²) in [6.45, 7) is 0. The summed E-state index contributed by atoms with van der Waals surface area (Å²) in [5, 5.41) is 4.64. The minimum atomic E-state index is -0.162. The van der Waals surface area contributed by atoms with Crippen molar-refractivity contribution in [1.29, 1.82) is 0 Å². The highest BCUT2D eigenvalue weighted by molar-refractivity contribution is 7.10. The van der Waals surface area contributed by atoms with E-state index in [-0.39, 0.29) is 11.9 Å². The van der Waals surface area contributed by atoms with Crippen molar-refractivity contribution in [3.8, 4) is 0 Å². The zero-order valence-electron chi connectivity index (χ0n) is 8.07. The molecule has 4 heteroatoms. The lowest BCUT2D eigenvalue weighted by Gasteiger charge is -2.21. The number of nitrogens with zero attached hydrogens (tertiary/aromatic N) is 1. The van der Waals surface area contributed by atoms with Crippen molar-refractivity contribution in [2.75, 3.05) is 21.1 Å². The van der Waals surface area contributed by atoms with Gasteiger partial charge in [-0.15, -0.1) is 11.3 Å². The third-order valence-electron chi connectivity index (χ3n) is 1.82. The fourth-order valence-corrected chi connectivity index (χ4v) is 2.12. The Morgan fingerprint density at radius 1 is 1.62 bits per heavy atom. The smallest absolute Gasteiger partial charge is 0.242 e. The largest absolute Gasteiger partial charge is 0.357 e. The molecule has 0 fully saturated rings. The molecule has 1 unspecified atom stereocenters. The van der Waals surface area contributed by atoms with Gasteiger partial charge in [0.2, 0.25) is 5.91 Å². The lowest BCUT2D eigenvalue weighted by atomic mass is 10.2. The van der Waals surface area contributed by atoms with Crippen LogP contribution in [0.25, 0.3) is 0 Å². The number of hydrogen-bond acceptors (Lipinski definition) is 3. The van der Waals surface area contributed by atoms with Crippen LogP contribution in [-0.4, -0.2) is 32.0 Å². The predicted molar refractivity (Wildman–Crippen MR) is 54.8 cm³/mol. The summed E-state index contributed by atoms with van der Waals surface area (Å²) in [7, 11) is 5.46. The molecular formula is C9H14N2OS. The molecule has 0 spiro atoms. The second kappa shape index (κ2) is 4.39. The van der Waals surface area contributed by atoms with Gasteiger partial charge in [-0.1, -0.05) is 6.07 Å². The topological polar surface area (TPSA) is 32.3 Å². The fourth-order valence-electron chi connectivity index (χ4n) is 1.20. The lowest BCUT2D eigenvalue weighted by Crippen LogP contribution is -2.34. The Morgan fingerprint density at radius 2 is 2.31 bits per heavy atom. The van der Waals surface area contributed by atoms with E-state index in [2.05, 4.69) is 5.32 Å². The molecule has 0 radical (unpaired) electrons. The van der Waals surface area contributed by atoms with Crippen LogP contribution in [0.3, 0.4) is 0 Å². The van der Waals surface area contributed by atoms with Crippen molar-refractivity contribution in [2.45, 2.75) is 6.04 Å². The maximum absolute atomic E-state index is 11.5. The summed E-state index contributed by atoms with van der Waals surface area (Å²) in [4.78, 5) is 14.5. The molecule has 1 heterocycles. The molecule has 1 aromatic heterocycles. The van der Waals surface area contributed by atoms with Crippen molar-refractivity contribution in [3.05, 3.63) is 22.4 Å². The average molecular weight is 198 g/mol. The molecule has 0 bridgehead atoms. The quantitative estimate of drug-likeness (QED) is 0.788. The SMILES string of the molecule is CNC(=O)C(c1cccs1)N(C)C. The van der Waals surface area contributed by atoms with E-state index in [1.54, 1.807) is 18.4 Å². The maximum Gasteiger partial charge on any atom is 0.242 e. The second-order valence-corrected chi connectivity index (χ2v) is 3.98. The molecule has 0 saturated carbocycles. The Bertz CT molecular complexity index is 269. The van der Waals surface area contributed by atoms with Crippen molar-refractivity contribution in [2.24, 2.45) is 0 Å². The number of hydrogen-bond donors (Lipinski definition) is 1. The summed E-state index contributed by atoms with van der Waals surface area (Å²) >= 11 is 1.60. The molecule has 0 aromatic carbocycles. The van der Waals surface area contributed by atoms with Gasteiger partial charge in [0.25, 0.3) is 0 Å². The fraction of sp³-hybridized carbons (Fsp3) is 0.444. The van der Waals surface area contributed by atoms with Gasteiger partial charge < -0.3 is 5.32 Å². The van der Waals surface area contributed by atoms with E-state index in [1.807, 2.05) is 36.5 Å². The standard InChI is InChI=1S/C9H14N2OS/c1-10-9(12)8(11(2)3)7-5-4-6-13-7/h4-6,8H,1-3H3,(H,10,12). The van der Waals surface area contributed by atoms with E-state index >= 15 is 0 Å². The normalized spacial score (nSPS) is 12.9. The molecule has 13 heavy (non-hydrogen) atoms. The van der Waals surface area contributed by atoms with Crippen molar-refractivity contribution >= 4 is 17.2 Å². The van der Waals surface area contributed by atoms with E-state index in [1.165, 1.54) is 0 Å². The van der Waals surface area contributed by atoms with Gasteiger partial charge in [0.1, 0.15) is 6.04 Å². The summed E-state index contributed by atoms with van der Waals surface area (Å²) in [6.07, 6.45) is 0. The second-order valence-electron chi connectivity index (χ2n) is 3.00. The van der Waals surface area contributed by atoms with E-state index in [0.717, 1.165) is 4.88 Å². The van der Waals surface area contributed by atoms with Gasteiger partial charge >= 0.3 is 0 Å². The minimum Gasteiger partial charge on any atom is -0.357 e. The van der Waals surface area contributed by atoms with Crippen molar-refractivity contribution in [1.82, 2.24) is 10.2 Å². The zero-order valence-corrected chi connectivity index (χ0v) is 8.89. The number of likely N-dealkylation sites (N-methyl/N-ethyl adjacent to an activating group) is 2. The minimum absolute atomic E-state index is 0.0347. The van der Waals surface area contributed by atoms with Gasteiger partial charge in [0.05, 0.1) is 0 Å².